The maximum atomic E-state index is 12.4. The third-order valence-corrected chi connectivity index (χ3v) is 5.11. The quantitative estimate of drug-likeness (QED) is 0.756. The van der Waals surface area contributed by atoms with Crippen LogP contribution >= 0.6 is 11.8 Å². The molecule has 16 heavy (non-hydrogen) atoms. The molecule has 2 unspecified atom stereocenters. The van der Waals surface area contributed by atoms with Crippen molar-refractivity contribution in [3.63, 3.8) is 0 Å². The van der Waals surface area contributed by atoms with Gasteiger partial charge in [-0.05, 0) is 26.3 Å². The fraction of sp³-hybridized carbons (Fsp3) is 0.917. The van der Waals surface area contributed by atoms with Crippen LogP contribution < -0.4 is 5.32 Å². The molecule has 0 aromatic carbocycles. The zero-order chi connectivity index (χ0) is 11.5. The third-order valence-electron chi connectivity index (χ3n) is 3.78. The molecule has 3 nitrogen and oxygen atoms in total. The Hall–Kier alpha value is -0.220. The molecule has 1 amide bonds. The number of carbonyl (C=O) groups is 1. The fourth-order valence-electron chi connectivity index (χ4n) is 2.51. The molecule has 1 N–H and O–H groups in total. The molecule has 2 saturated heterocycles. The van der Waals surface area contributed by atoms with Crippen molar-refractivity contribution in [2.24, 2.45) is 0 Å². The van der Waals surface area contributed by atoms with E-state index in [1.165, 1.54) is 12.8 Å². The number of carbonyl (C=O) groups excluding carboxylic acids is 1. The van der Waals surface area contributed by atoms with Crippen LogP contribution in [-0.2, 0) is 4.79 Å². The molecule has 2 rings (SSSR count). The molecule has 4 heteroatoms. The van der Waals surface area contributed by atoms with Crippen molar-refractivity contribution in [1.29, 1.82) is 0 Å². The molecule has 2 fully saturated rings. The van der Waals surface area contributed by atoms with Gasteiger partial charge < -0.3 is 10.2 Å². The molecular formula is C12H22N2OS. The second kappa shape index (κ2) is 5.41. The van der Waals surface area contributed by atoms with E-state index < -0.39 is 0 Å². The molecule has 0 bridgehead atoms. The lowest BCUT2D eigenvalue weighted by atomic mass is 10.0. The first-order chi connectivity index (χ1) is 7.70. The van der Waals surface area contributed by atoms with Gasteiger partial charge in [-0.25, -0.2) is 0 Å². The van der Waals surface area contributed by atoms with Crippen LogP contribution in [0, 0.1) is 0 Å². The minimum absolute atomic E-state index is 0.0894. The summed E-state index contributed by atoms with van der Waals surface area (Å²) in [4.78, 5) is 14.5. The summed E-state index contributed by atoms with van der Waals surface area (Å²) in [5.41, 5.74) is 0. The van der Waals surface area contributed by atoms with Crippen LogP contribution in [-0.4, -0.2) is 47.0 Å². The van der Waals surface area contributed by atoms with Crippen LogP contribution in [0.25, 0.3) is 0 Å². The van der Waals surface area contributed by atoms with E-state index in [0.29, 0.717) is 17.2 Å². The average molecular weight is 242 g/mol. The Morgan fingerprint density at radius 3 is 2.88 bits per heavy atom. The summed E-state index contributed by atoms with van der Waals surface area (Å²) in [5.74, 6) is 1.42. The van der Waals surface area contributed by atoms with E-state index in [9.17, 15) is 4.79 Å². The highest BCUT2D eigenvalue weighted by Gasteiger charge is 2.33. The fourth-order valence-corrected chi connectivity index (χ4v) is 3.61. The normalized spacial score (nSPS) is 36.1. The second-order valence-electron chi connectivity index (χ2n) is 4.85. The topological polar surface area (TPSA) is 32.3 Å². The number of hydrogen-bond donors (Lipinski definition) is 1. The SMILES string of the molecule is CC1SCCN(C(=O)[C@H]2CCCCN2)C1C. The second-order valence-corrected chi connectivity index (χ2v) is 6.34. The van der Waals surface area contributed by atoms with Gasteiger partial charge in [-0.3, -0.25) is 4.79 Å². The molecule has 0 aliphatic carbocycles. The van der Waals surface area contributed by atoms with E-state index in [2.05, 4.69) is 24.1 Å². The van der Waals surface area contributed by atoms with Crippen molar-refractivity contribution in [3.8, 4) is 0 Å². The standard InChI is InChI=1S/C12H22N2OS/c1-9-10(2)16-8-7-14(9)12(15)11-5-3-4-6-13-11/h9-11,13H,3-8H2,1-2H3/t9?,10?,11-/m1/s1. The van der Waals surface area contributed by atoms with Crippen molar-refractivity contribution in [2.75, 3.05) is 18.8 Å². The molecule has 2 aliphatic heterocycles. The first-order valence-corrected chi connectivity index (χ1v) is 7.40. The third kappa shape index (κ3) is 2.54. The van der Waals surface area contributed by atoms with Gasteiger partial charge in [-0.2, -0.15) is 11.8 Å². The zero-order valence-electron chi connectivity index (χ0n) is 10.2. The van der Waals surface area contributed by atoms with E-state index >= 15 is 0 Å². The monoisotopic (exact) mass is 242 g/mol. The molecule has 0 spiro atoms. The lowest BCUT2D eigenvalue weighted by molar-refractivity contribution is -0.135. The van der Waals surface area contributed by atoms with E-state index in [1.807, 2.05) is 11.8 Å². The molecule has 0 aromatic rings. The molecule has 0 aromatic heterocycles. The number of piperidine rings is 1. The Labute approximate surface area is 102 Å². The summed E-state index contributed by atoms with van der Waals surface area (Å²) in [7, 11) is 0. The summed E-state index contributed by atoms with van der Waals surface area (Å²) in [6.45, 7) is 6.33. The van der Waals surface area contributed by atoms with Crippen LogP contribution in [0.3, 0.4) is 0 Å². The minimum Gasteiger partial charge on any atom is -0.337 e. The van der Waals surface area contributed by atoms with Crippen molar-refractivity contribution in [2.45, 2.75) is 50.4 Å². The van der Waals surface area contributed by atoms with Gasteiger partial charge in [0.1, 0.15) is 0 Å². The number of thioether (sulfide) groups is 1. The van der Waals surface area contributed by atoms with Crippen molar-refractivity contribution in [3.05, 3.63) is 0 Å². The molecular weight excluding hydrogens is 220 g/mol. The van der Waals surface area contributed by atoms with Gasteiger partial charge in [-0.15, -0.1) is 0 Å². The first kappa shape index (κ1) is 12.2. The van der Waals surface area contributed by atoms with Gasteiger partial charge in [0.2, 0.25) is 5.91 Å². The number of nitrogens with one attached hydrogen (secondary N) is 1. The van der Waals surface area contributed by atoms with Crippen molar-refractivity contribution in [1.82, 2.24) is 10.2 Å². The van der Waals surface area contributed by atoms with E-state index in [-0.39, 0.29) is 6.04 Å². The molecule has 92 valence electrons. The Morgan fingerprint density at radius 2 is 2.19 bits per heavy atom. The highest BCUT2D eigenvalue weighted by Crippen LogP contribution is 2.25. The van der Waals surface area contributed by atoms with Crippen LogP contribution in [0.5, 0.6) is 0 Å². The molecule has 2 aliphatic rings. The lowest BCUT2D eigenvalue weighted by Crippen LogP contribution is -2.55. The lowest BCUT2D eigenvalue weighted by Gasteiger charge is -2.40. The Balaban J connectivity index is 1.96. The van der Waals surface area contributed by atoms with Gasteiger partial charge in [0.15, 0.2) is 0 Å². The number of hydrogen-bond acceptors (Lipinski definition) is 3. The maximum absolute atomic E-state index is 12.4. The van der Waals surface area contributed by atoms with Crippen molar-refractivity contribution < 1.29 is 4.79 Å². The summed E-state index contributed by atoms with van der Waals surface area (Å²) < 4.78 is 0. The average Bonchev–Trinajstić information content (AvgIpc) is 2.33. The van der Waals surface area contributed by atoms with Crippen LogP contribution in [0.1, 0.15) is 33.1 Å². The van der Waals surface area contributed by atoms with Gasteiger partial charge in [0, 0.05) is 23.6 Å². The molecule has 0 radical (unpaired) electrons. The minimum atomic E-state index is 0.0894. The summed E-state index contributed by atoms with van der Waals surface area (Å²) in [6, 6.07) is 0.474. The summed E-state index contributed by atoms with van der Waals surface area (Å²) in [6.07, 6.45) is 3.42. The highest BCUT2D eigenvalue weighted by molar-refractivity contribution is 8.00. The number of rotatable bonds is 1. The molecule has 3 atom stereocenters. The summed E-state index contributed by atoms with van der Waals surface area (Å²) >= 11 is 1.98. The van der Waals surface area contributed by atoms with E-state index in [0.717, 1.165) is 25.3 Å². The Bertz CT molecular complexity index is 253. The van der Waals surface area contributed by atoms with Crippen LogP contribution in [0.15, 0.2) is 0 Å². The first-order valence-electron chi connectivity index (χ1n) is 6.35. The maximum Gasteiger partial charge on any atom is 0.240 e. The van der Waals surface area contributed by atoms with Gasteiger partial charge >= 0.3 is 0 Å². The highest BCUT2D eigenvalue weighted by atomic mass is 32.2. The van der Waals surface area contributed by atoms with Crippen LogP contribution in [0.2, 0.25) is 0 Å². The predicted octanol–water partition coefficient (Wildman–Crippen LogP) is 1.48. The predicted molar refractivity (Wildman–Crippen MR) is 68.7 cm³/mol. The van der Waals surface area contributed by atoms with Gasteiger partial charge in [0.25, 0.3) is 0 Å². The summed E-state index contributed by atoms with van der Waals surface area (Å²) in [5, 5.41) is 3.92. The van der Waals surface area contributed by atoms with Crippen LogP contribution in [0.4, 0.5) is 0 Å². The Morgan fingerprint density at radius 1 is 1.38 bits per heavy atom. The van der Waals surface area contributed by atoms with E-state index in [1.54, 1.807) is 0 Å². The smallest absolute Gasteiger partial charge is 0.240 e. The van der Waals surface area contributed by atoms with Gasteiger partial charge in [0.05, 0.1) is 6.04 Å². The van der Waals surface area contributed by atoms with Crippen molar-refractivity contribution >= 4 is 17.7 Å². The molecule has 0 saturated carbocycles. The van der Waals surface area contributed by atoms with E-state index in [4.69, 9.17) is 0 Å². The van der Waals surface area contributed by atoms with Gasteiger partial charge in [-0.1, -0.05) is 13.3 Å². The Kier molecular flexibility index (Phi) is 4.14. The number of amides is 1. The molecule has 2 heterocycles. The number of nitrogens with zero attached hydrogens (tertiary/aromatic N) is 1. The largest absolute Gasteiger partial charge is 0.337 e. The zero-order valence-corrected chi connectivity index (χ0v) is 11.1.